The summed E-state index contributed by atoms with van der Waals surface area (Å²) < 4.78 is 0. The van der Waals surface area contributed by atoms with Crippen molar-refractivity contribution in [1.82, 2.24) is 14.7 Å². The minimum Gasteiger partial charge on any atom is -0.368 e. The molecule has 1 aromatic rings. The first kappa shape index (κ1) is 19.2. The van der Waals surface area contributed by atoms with Crippen LogP contribution in [-0.2, 0) is 4.79 Å². The van der Waals surface area contributed by atoms with Crippen molar-refractivity contribution >= 4 is 11.6 Å². The van der Waals surface area contributed by atoms with Crippen LogP contribution in [0.2, 0.25) is 0 Å². The number of hydrogen-bond donors (Lipinski definition) is 0. The SMILES string of the molecule is Cc1ccc(N2CCN(C(=O)[C@@H]3CC[C@H](N(C)C)CN(C)C3)CC2)cc1. The number of benzene rings is 1. The number of nitrogens with zero attached hydrogens (tertiary/aromatic N) is 4. The standard InChI is InChI=1S/C21H34N4O/c1-17-5-8-19(9-6-17)24-11-13-25(14-12-24)21(26)18-7-10-20(22(2)3)16-23(4)15-18/h5-6,8-9,18,20H,7,10-16H2,1-4H3/t18-,20+/m1/s1. The van der Waals surface area contributed by atoms with E-state index in [4.69, 9.17) is 0 Å². The van der Waals surface area contributed by atoms with Gasteiger partial charge in [-0.15, -0.1) is 0 Å². The van der Waals surface area contributed by atoms with Gasteiger partial charge in [-0.1, -0.05) is 17.7 Å². The Hall–Kier alpha value is -1.59. The van der Waals surface area contributed by atoms with Gasteiger partial charge in [0.05, 0.1) is 5.92 Å². The number of likely N-dealkylation sites (N-methyl/N-ethyl adjacent to an activating group) is 2. The molecule has 3 rings (SSSR count). The molecule has 2 saturated heterocycles. The van der Waals surface area contributed by atoms with E-state index in [-0.39, 0.29) is 5.92 Å². The van der Waals surface area contributed by atoms with E-state index in [1.807, 2.05) is 0 Å². The molecule has 5 nitrogen and oxygen atoms in total. The second-order valence-electron chi connectivity index (χ2n) is 8.26. The first-order valence-corrected chi connectivity index (χ1v) is 9.89. The lowest BCUT2D eigenvalue weighted by molar-refractivity contribution is -0.136. The molecule has 2 aliphatic heterocycles. The van der Waals surface area contributed by atoms with E-state index in [0.717, 1.165) is 52.1 Å². The average molecular weight is 359 g/mol. The van der Waals surface area contributed by atoms with Gasteiger partial charge in [-0.05, 0) is 53.0 Å². The van der Waals surface area contributed by atoms with Gasteiger partial charge in [-0.3, -0.25) is 4.79 Å². The number of anilines is 1. The maximum absolute atomic E-state index is 13.1. The first-order chi connectivity index (χ1) is 12.4. The molecule has 5 heteroatoms. The van der Waals surface area contributed by atoms with Gasteiger partial charge in [0, 0.05) is 51.0 Å². The first-order valence-electron chi connectivity index (χ1n) is 9.89. The zero-order valence-electron chi connectivity index (χ0n) is 16.8. The molecule has 1 amide bonds. The predicted molar refractivity (Wildman–Crippen MR) is 108 cm³/mol. The van der Waals surface area contributed by atoms with Crippen molar-refractivity contribution in [3.8, 4) is 0 Å². The molecule has 0 saturated carbocycles. The minimum absolute atomic E-state index is 0.149. The molecule has 2 atom stereocenters. The van der Waals surface area contributed by atoms with Crippen LogP contribution in [0.4, 0.5) is 5.69 Å². The van der Waals surface area contributed by atoms with E-state index in [1.165, 1.54) is 11.3 Å². The molecule has 2 heterocycles. The molecule has 144 valence electrons. The summed E-state index contributed by atoms with van der Waals surface area (Å²) >= 11 is 0. The third kappa shape index (κ3) is 4.57. The summed E-state index contributed by atoms with van der Waals surface area (Å²) in [6.45, 7) is 7.59. The van der Waals surface area contributed by atoms with Crippen LogP contribution in [0, 0.1) is 12.8 Å². The number of piperazine rings is 1. The van der Waals surface area contributed by atoms with E-state index >= 15 is 0 Å². The largest absolute Gasteiger partial charge is 0.368 e. The predicted octanol–water partition coefficient (Wildman–Crippen LogP) is 1.92. The number of hydrogen-bond acceptors (Lipinski definition) is 4. The Bertz CT molecular complexity index is 593. The Morgan fingerprint density at radius 1 is 1.00 bits per heavy atom. The highest BCUT2D eigenvalue weighted by atomic mass is 16.2. The summed E-state index contributed by atoms with van der Waals surface area (Å²) in [5.41, 5.74) is 2.56. The third-order valence-electron chi connectivity index (χ3n) is 5.97. The average Bonchev–Trinajstić information content (AvgIpc) is 2.84. The number of carbonyl (C=O) groups excluding carboxylic acids is 1. The van der Waals surface area contributed by atoms with Crippen molar-refractivity contribution in [3.05, 3.63) is 29.8 Å². The van der Waals surface area contributed by atoms with Crippen molar-refractivity contribution in [3.63, 3.8) is 0 Å². The zero-order valence-corrected chi connectivity index (χ0v) is 16.8. The van der Waals surface area contributed by atoms with Crippen LogP contribution >= 0.6 is 0 Å². The molecular formula is C21H34N4O. The van der Waals surface area contributed by atoms with Gasteiger partial charge >= 0.3 is 0 Å². The second kappa shape index (κ2) is 8.40. The fourth-order valence-corrected chi connectivity index (χ4v) is 4.21. The Morgan fingerprint density at radius 2 is 1.65 bits per heavy atom. The number of aryl methyl sites for hydroxylation is 1. The van der Waals surface area contributed by atoms with Crippen molar-refractivity contribution in [1.29, 1.82) is 0 Å². The van der Waals surface area contributed by atoms with Crippen LogP contribution in [0.25, 0.3) is 0 Å². The molecule has 26 heavy (non-hydrogen) atoms. The summed E-state index contributed by atoms with van der Waals surface area (Å²) in [5.74, 6) is 0.510. The summed E-state index contributed by atoms with van der Waals surface area (Å²) in [5, 5.41) is 0. The highest BCUT2D eigenvalue weighted by Crippen LogP contribution is 2.22. The lowest BCUT2D eigenvalue weighted by Crippen LogP contribution is -2.51. The summed E-state index contributed by atoms with van der Waals surface area (Å²) in [6.07, 6.45) is 2.11. The monoisotopic (exact) mass is 358 g/mol. The Labute approximate surface area is 158 Å². The molecule has 0 spiro atoms. The van der Waals surface area contributed by atoms with Crippen LogP contribution in [0.1, 0.15) is 18.4 Å². The van der Waals surface area contributed by atoms with Gasteiger partial charge in [0.25, 0.3) is 0 Å². The molecule has 0 aliphatic carbocycles. The second-order valence-corrected chi connectivity index (χ2v) is 8.26. The topological polar surface area (TPSA) is 30.0 Å². The highest BCUT2D eigenvalue weighted by molar-refractivity contribution is 5.79. The third-order valence-corrected chi connectivity index (χ3v) is 5.97. The number of rotatable bonds is 3. The van der Waals surface area contributed by atoms with Crippen LogP contribution in [0.3, 0.4) is 0 Å². The Kier molecular flexibility index (Phi) is 6.20. The molecule has 1 aromatic carbocycles. The molecule has 2 aliphatic rings. The van der Waals surface area contributed by atoms with Gasteiger partial charge in [-0.2, -0.15) is 0 Å². The molecule has 0 radical (unpaired) electrons. The van der Waals surface area contributed by atoms with E-state index in [2.05, 4.69) is 71.9 Å². The summed E-state index contributed by atoms with van der Waals surface area (Å²) in [6, 6.07) is 9.25. The van der Waals surface area contributed by atoms with Crippen molar-refractivity contribution in [2.24, 2.45) is 5.92 Å². The van der Waals surface area contributed by atoms with Gasteiger partial charge in [0.2, 0.25) is 5.91 Å². The van der Waals surface area contributed by atoms with E-state index in [1.54, 1.807) is 0 Å². The van der Waals surface area contributed by atoms with Gasteiger partial charge < -0.3 is 19.6 Å². The van der Waals surface area contributed by atoms with E-state index in [0.29, 0.717) is 11.9 Å². The fraction of sp³-hybridized carbons (Fsp3) is 0.667. The quantitative estimate of drug-likeness (QED) is 0.826. The Morgan fingerprint density at radius 3 is 2.27 bits per heavy atom. The fourth-order valence-electron chi connectivity index (χ4n) is 4.21. The van der Waals surface area contributed by atoms with Gasteiger partial charge in [-0.25, -0.2) is 0 Å². The summed E-state index contributed by atoms with van der Waals surface area (Å²) in [7, 11) is 6.44. The normalized spacial score (nSPS) is 25.4. The molecule has 0 unspecified atom stereocenters. The van der Waals surface area contributed by atoms with Gasteiger partial charge in [0.15, 0.2) is 0 Å². The molecule has 2 fully saturated rings. The molecule has 0 N–H and O–H groups in total. The number of carbonyl (C=O) groups is 1. The Balaban J connectivity index is 1.55. The van der Waals surface area contributed by atoms with Crippen LogP contribution in [0.15, 0.2) is 24.3 Å². The lowest BCUT2D eigenvalue weighted by atomic mass is 9.99. The maximum Gasteiger partial charge on any atom is 0.227 e. The van der Waals surface area contributed by atoms with Gasteiger partial charge in [0.1, 0.15) is 0 Å². The highest BCUT2D eigenvalue weighted by Gasteiger charge is 2.31. The van der Waals surface area contributed by atoms with Crippen LogP contribution < -0.4 is 4.90 Å². The number of likely N-dealkylation sites (tertiary alicyclic amines) is 1. The lowest BCUT2D eigenvalue weighted by Gasteiger charge is -2.38. The molecular weight excluding hydrogens is 324 g/mol. The van der Waals surface area contributed by atoms with Crippen LogP contribution in [0.5, 0.6) is 0 Å². The van der Waals surface area contributed by atoms with Crippen molar-refractivity contribution in [2.75, 3.05) is 65.3 Å². The summed E-state index contributed by atoms with van der Waals surface area (Å²) in [4.78, 5) is 22.2. The van der Waals surface area contributed by atoms with Crippen LogP contribution in [-0.4, -0.2) is 87.1 Å². The minimum atomic E-state index is 0.149. The maximum atomic E-state index is 13.1. The smallest absolute Gasteiger partial charge is 0.227 e. The zero-order chi connectivity index (χ0) is 18.7. The van der Waals surface area contributed by atoms with E-state index < -0.39 is 0 Å². The molecule has 0 aromatic heterocycles. The van der Waals surface area contributed by atoms with Crippen molar-refractivity contribution in [2.45, 2.75) is 25.8 Å². The van der Waals surface area contributed by atoms with Crippen molar-refractivity contribution < 1.29 is 4.79 Å². The molecule has 0 bridgehead atoms. The number of amides is 1. The van der Waals surface area contributed by atoms with E-state index in [9.17, 15) is 4.79 Å².